The van der Waals surface area contributed by atoms with Gasteiger partial charge in [0.2, 0.25) is 5.95 Å². The molecule has 5 nitrogen and oxygen atoms in total. The molecule has 2 N–H and O–H groups in total. The summed E-state index contributed by atoms with van der Waals surface area (Å²) in [5.41, 5.74) is 0.0303. The van der Waals surface area contributed by atoms with Crippen LogP contribution in [0, 0.1) is 0 Å². The Hall–Kier alpha value is -2.13. The van der Waals surface area contributed by atoms with Crippen LogP contribution in [0.1, 0.15) is 69.5 Å². The van der Waals surface area contributed by atoms with E-state index in [1.54, 1.807) is 0 Å². The van der Waals surface area contributed by atoms with Gasteiger partial charge in [0.15, 0.2) is 10.8 Å². The fourth-order valence-corrected chi connectivity index (χ4v) is 5.58. The number of nitrogens with zero attached hydrogens (tertiary/aromatic N) is 3. The van der Waals surface area contributed by atoms with Gasteiger partial charge < -0.3 is 15.5 Å². The lowest BCUT2D eigenvalue weighted by molar-refractivity contribution is -0.141. The Morgan fingerprint density at radius 3 is 2.60 bits per heavy atom. The Kier molecular flexibility index (Phi) is 8.06. The maximum absolute atomic E-state index is 13.6. The molecule has 2 fully saturated rings. The molecule has 1 aliphatic carbocycles. The number of alkyl halides is 3. The van der Waals surface area contributed by atoms with Gasteiger partial charge in [-0.2, -0.15) is 18.2 Å². The topological polar surface area (TPSA) is 53.1 Å². The number of aromatic nitrogens is 2. The number of hydrogen-bond acceptors (Lipinski definition) is 4. The highest BCUT2D eigenvalue weighted by Gasteiger charge is 2.36. The van der Waals surface area contributed by atoms with Gasteiger partial charge >= 0.3 is 6.18 Å². The van der Waals surface area contributed by atoms with Crippen LogP contribution in [-0.2, 0) is 11.6 Å². The number of benzene rings is 1. The summed E-state index contributed by atoms with van der Waals surface area (Å²) in [5.74, 6) is 0.123. The summed E-state index contributed by atoms with van der Waals surface area (Å²) in [4.78, 5) is 10.0. The van der Waals surface area contributed by atoms with Crippen molar-refractivity contribution < 1.29 is 13.2 Å². The Bertz CT molecular complexity index is 1040. The van der Waals surface area contributed by atoms with E-state index in [-0.39, 0.29) is 28.3 Å². The zero-order valence-corrected chi connectivity index (χ0v) is 21.4. The molecule has 1 aliphatic heterocycles. The first-order chi connectivity index (χ1) is 16.7. The first-order valence-electron chi connectivity index (χ1n) is 12.2. The Balaban J connectivity index is 1.52. The van der Waals surface area contributed by atoms with Crippen LogP contribution in [0.4, 0.5) is 24.9 Å². The summed E-state index contributed by atoms with van der Waals surface area (Å²) in [6, 6.07) is 9.02. The van der Waals surface area contributed by atoms with Crippen molar-refractivity contribution in [3.63, 3.8) is 0 Å². The molecule has 2 aromatic rings. The van der Waals surface area contributed by atoms with Gasteiger partial charge in [-0.1, -0.05) is 43.0 Å². The zero-order chi connectivity index (χ0) is 25.1. The van der Waals surface area contributed by atoms with E-state index >= 15 is 0 Å². The van der Waals surface area contributed by atoms with E-state index < -0.39 is 11.9 Å². The summed E-state index contributed by atoms with van der Waals surface area (Å²) in [6.45, 7) is 3.22. The number of nitrogens with one attached hydrogen (secondary N) is 2. The Morgan fingerprint density at radius 2 is 1.91 bits per heavy atom. The minimum atomic E-state index is -4.58. The van der Waals surface area contributed by atoms with Crippen molar-refractivity contribution in [3.05, 3.63) is 46.6 Å². The highest BCUT2D eigenvalue weighted by atomic mass is 35.5. The van der Waals surface area contributed by atoms with Gasteiger partial charge in [0.05, 0.1) is 0 Å². The Labute approximate surface area is 214 Å². The smallest absolute Gasteiger partial charge is 0.361 e. The van der Waals surface area contributed by atoms with E-state index in [4.69, 9.17) is 23.8 Å². The van der Waals surface area contributed by atoms with E-state index in [0.717, 1.165) is 56.6 Å². The summed E-state index contributed by atoms with van der Waals surface area (Å²) < 4.78 is 40.8. The molecule has 0 amide bonds. The summed E-state index contributed by atoms with van der Waals surface area (Å²) >= 11 is 11.7. The van der Waals surface area contributed by atoms with Crippen molar-refractivity contribution in [3.8, 4) is 0 Å². The maximum Gasteiger partial charge on any atom is 0.433 e. The van der Waals surface area contributed by atoms with E-state index in [1.807, 2.05) is 30.0 Å². The van der Waals surface area contributed by atoms with E-state index in [1.165, 1.54) is 6.42 Å². The second kappa shape index (κ2) is 10.9. The van der Waals surface area contributed by atoms with Gasteiger partial charge in [0.1, 0.15) is 5.82 Å². The molecular formula is C25H31ClF3N5S. The summed E-state index contributed by atoms with van der Waals surface area (Å²) in [7, 11) is 0. The minimum absolute atomic E-state index is 0.113. The molecule has 1 saturated carbocycles. The summed E-state index contributed by atoms with van der Waals surface area (Å²) in [5, 5.41) is 6.93. The number of halogens is 4. The molecule has 1 atom stereocenters. The lowest BCUT2D eigenvalue weighted by Gasteiger charge is -2.38. The lowest BCUT2D eigenvalue weighted by Crippen LogP contribution is -2.44. The van der Waals surface area contributed by atoms with E-state index in [0.29, 0.717) is 18.1 Å². The predicted octanol–water partition coefficient (Wildman–Crippen LogP) is 6.72. The largest absolute Gasteiger partial charge is 0.433 e. The van der Waals surface area contributed by atoms with Crippen LogP contribution in [0.15, 0.2) is 30.3 Å². The highest BCUT2D eigenvalue weighted by molar-refractivity contribution is 7.80. The standard InChI is InChI=1S/C25H31ClF3N5S/c1-17-8-3-6-13-34(17)21-15-20(25(27,28)29)31-22(32-21)33-23(35)30-16-24(11-4-2-5-12-24)18-9-7-10-19(26)14-18/h7,9-10,14-15,17H,2-6,8,11-13,16H2,1H3,(H2,30,31,32,33,35)/t17-/m1/s1. The third-order valence-corrected chi connectivity index (χ3v) is 7.64. The second-order valence-corrected chi connectivity index (χ2v) is 10.5. The van der Waals surface area contributed by atoms with Gasteiger partial charge in [0.25, 0.3) is 0 Å². The molecule has 2 heterocycles. The van der Waals surface area contributed by atoms with Gasteiger partial charge in [0, 0.05) is 35.6 Å². The van der Waals surface area contributed by atoms with Crippen molar-refractivity contribution in [2.24, 2.45) is 0 Å². The average Bonchev–Trinajstić information content (AvgIpc) is 2.83. The molecule has 0 radical (unpaired) electrons. The molecule has 4 rings (SSSR count). The first kappa shape index (κ1) is 25.9. The van der Waals surface area contributed by atoms with Gasteiger partial charge in [-0.15, -0.1) is 0 Å². The molecule has 35 heavy (non-hydrogen) atoms. The van der Waals surface area contributed by atoms with Crippen molar-refractivity contribution in [2.75, 3.05) is 23.3 Å². The molecule has 0 spiro atoms. The number of anilines is 2. The highest BCUT2D eigenvalue weighted by Crippen LogP contribution is 2.40. The van der Waals surface area contributed by atoms with Crippen molar-refractivity contribution in [1.29, 1.82) is 0 Å². The van der Waals surface area contributed by atoms with Crippen LogP contribution in [-0.4, -0.2) is 34.2 Å². The van der Waals surface area contributed by atoms with Crippen LogP contribution < -0.4 is 15.5 Å². The number of rotatable bonds is 5. The molecule has 2 aliphatic rings. The van der Waals surface area contributed by atoms with Crippen LogP contribution in [0.5, 0.6) is 0 Å². The third kappa shape index (κ3) is 6.36. The van der Waals surface area contributed by atoms with Crippen molar-refractivity contribution in [2.45, 2.75) is 75.9 Å². The van der Waals surface area contributed by atoms with Gasteiger partial charge in [-0.25, -0.2) is 4.98 Å². The van der Waals surface area contributed by atoms with Crippen molar-refractivity contribution >= 4 is 40.7 Å². The quantitative estimate of drug-likeness (QED) is 0.423. The predicted molar refractivity (Wildman–Crippen MR) is 138 cm³/mol. The molecule has 190 valence electrons. The second-order valence-electron chi connectivity index (χ2n) is 9.63. The number of thiocarbonyl (C=S) groups is 1. The normalized spacial score (nSPS) is 20.4. The van der Waals surface area contributed by atoms with E-state index in [9.17, 15) is 13.2 Å². The van der Waals surface area contributed by atoms with Crippen LogP contribution >= 0.6 is 23.8 Å². The van der Waals surface area contributed by atoms with Crippen LogP contribution in [0.25, 0.3) is 0 Å². The van der Waals surface area contributed by atoms with Crippen molar-refractivity contribution in [1.82, 2.24) is 15.3 Å². The van der Waals surface area contributed by atoms with Crippen LogP contribution in [0.2, 0.25) is 5.02 Å². The SMILES string of the molecule is C[C@@H]1CCCCN1c1cc(C(F)(F)F)nc(NC(=S)NCC2(c3cccc(Cl)c3)CCCCC2)n1. The first-order valence-corrected chi connectivity index (χ1v) is 13.0. The number of hydrogen-bond donors (Lipinski definition) is 2. The fourth-order valence-electron chi connectivity index (χ4n) is 5.23. The lowest BCUT2D eigenvalue weighted by atomic mass is 9.69. The van der Waals surface area contributed by atoms with Crippen LogP contribution in [0.3, 0.4) is 0 Å². The van der Waals surface area contributed by atoms with Gasteiger partial charge in [-0.3, -0.25) is 0 Å². The molecule has 0 unspecified atom stereocenters. The monoisotopic (exact) mass is 525 g/mol. The maximum atomic E-state index is 13.6. The molecule has 1 saturated heterocycles. The molecule has 1 aromatic carbocycles. The number of piperidine rings is 1. The Morgan fingerprint density at radius 1 is 1.14 bits per heavy atom. The molecule has 0 bridgehead atoms. The molecular weight excluding hydrogens is 495 g/mol. The van der Waals surface area contributed by atoms with E-state index in [2.05, 4.69) is 26.7 Å². The third-order valence-electron chi connectivity index (χ3n) is 7.16. The minimum Gasteiger partial charge on any atom is -0.361 e. The average molecular weight is 526 g/mol. The summed E-state index contributed by atoms with van der Waals surface area (Å²) in [6.07, 6.45) is 3.67. The van der Waals surface area contributed by atoms with Gasteiger partial charge in [-0.05, 0) is 68.9 Å². The zero-order valence-electron chi connectivity index (χ0n) is 19.8. The fraction of sp³-hybridized carbons (Fsp3) is 0.560. The molecule has 10 heteroatoms. The molecule has 1 aromatic heterocycles.